The minimum absolute atomic E-state index is 0.133. The number of benzene rings is 1. The van der Waals surface area contributed by atoms with Gasteiger partial charge in [0.2, 0.25) is 13.6 Å². The van der Waals surface area contributed by atoms with Gasteiger partial charge in [0.15, 0.2) is 11.5 Å². The molecule has 2 rings (SSSR count). The van der Waals surface area contributed by atoms with Crippen LogP contribution in [0.4, 0.5) is 4.79 Å². The molecular formula is C24H35NO8. The number of ether oxygens (including phenoxy) is 5. The maximum absolute atomic E-state index is 12.4. The lowest BCUT2D eigenvalue weighted by atomic mass is 10.1. The number of carbonyl (C=O) groups is 3. The minimum atomic E-state index is -0.552. The first-order valence-corrected chi connectivity index (χ1v) is 11.3. The molecule has 9 heteroatoms. The summed E-state index contributed by atoms with van der Waals surface area (Å²) in [5.74, 6) is 0.635. The van der Waals surface area contributed by atoms with E-state index in [0.29, 0.717) is 37.3 Å². The highest BCUT2D eigenvalue weighted by Crippen LogP contribution is 2.33. The average molecular weight is 466 g/mol. The number of amides is 1. The molecule has 1 aliphatic heterocycles. The van der Waals surface area contributed by atoms with Crippen molar-refractivity contribution in [1.29, 1.82) is 0 Å². The van der Waals surface area contributed by atoms with E-state index in [1.807, 2.05) is 32.0 Å². The summed E-state index contributed by atoms with van der Waals surface area (Å²) >= 11 is 0. The van der Waals surface area contributed by atoms with E-state index in [-0.39, 0.29) is 31.6 Å². The van der Waals surface area contributed by atoms with Crippen molar-refractivity contribution in [3.8, 4) is 11.5 Å². The van der Waals surface area contributed by atoms with Crippen LogP contribution < -0.4 is 9.47 Å². The predicted molar refractivity (Wildman–Crippen MR) is 120 cm³/mol. The lowest BCUT2D eigenvalue weighted by Gasteiger charge is -2.27. The lowest BCUT2D eigenvalue weighted by molar-refractivity contribution is -0.156. The number of esters is 2. The summed E-state index contributed by atoms with van der Waals surface area (Å²) in [6, 6.07) is 5.56. The Morgan fingerprint density at radius 1 is 1.03 bits per heavy atom. The zero-order valence-electron chi connectivity index (χ0n) is 20.2. The third-order valence-corrected chi connectivity index (χ3v) is 4.91. The van der Waals surface area contributed by atoms with E-state index < -0.39 is 24.5 Å². The van der Waals surface area contributed by atoms with E-state index in [1.165, 1.54) is 0 Å². The standard InChI is InChI=1S/C24H35NO8/c1-6-25(17(2)13-18-11-12-19-20(14-18)30-15-29-19)23(28)32-16-31-21(26)9-7-8-10-22(27)33-24(3,4)5/h11-12,14,17H,6-10,13,15-16H2,1-5H3/t17-/m0/s1. The molecule has 1 aromatic carbocycles. The number of rotatable bonds is 11. The summed E-state index contributed by atoms with van der Waals surface area (Å²) in [6.45, 7) is 9.41. The molecule has 1 amide bonds. The Morgan fingerprint density at radius 3 is 2.36 bits per heavy atom. The monoisotopic (exact) mass is 465 g/mol. The molecule has 9 nitrogen and oxygen atoms in total. The molecule has 0 radical (unpaired) electrons. The number of nitrogens with zero attached hydrogens (tertiary/aromatic N) is 1. The van der Waals surface area contributed by atoms with Crippen molar-refractivity contribution in [3.05, 3.63) is 23.8 Å². The Morgan fingerprint density at radius 2 is 1.70 bits per heavy atom. The fourth-order valence-corrected chi connectivity index (χ4v) is 3.37. The third-order valence-electron chi connectivity index (χ3n) is 4.91. The summed E-state index contributed by atoms with van der Waals surface area (Å²) in [6.07, 6.45) is 1.44. The maximum Gasteiger partial charge on any atom is 0.412 e. The summed E-state index contributed by atoms with van der Waals surface area (Å²) in [4.78, 5) is 37.5. The predicted octanol–water partition coefficient (Wildman–Crippen LogP) is 4.21. The van der Waals surface area contributed by atoms with E-state index in [2.05, 4.69) is 0 Å². The molecule has 184 valence electrons. The van der Waals surface area contributed by atoms with Gasteiger partial charge in [-0.3, -0.25) is 9.59 Å². The van der Waals surface area contributed by atoms with Crippen LogP contribution in [0.3, 0.4) is 0 Å². The SMILES string of the molecule is CCN(C(=O)OCOC(=O)CCCCC(=O)OC(C)(C)C)[C@@H](C)Cc1ccc2c(c1)OCO2. The first kappa shape index (κ1) is 26.3. The van der Waals surface area contributed by atoms with Crippen LogP contribution in [0.15, 0.2) is 18.2 Å². The molecule has 0 bridgehead atoms. The van der Waals surface area contributed by atoms with Gasteiger partial charge in [0.05, 0.1) is 0 Å². The first-order chi connectivity index (χ1) is 15.6. The average Bonchev–Trinajstić information content (AvgIpc) is 3.18. The van der Waals surface area contributed by atoms with Crippen molar-refractivity contribution in [2.24, 2.45) is 0 Å². The molecule has 1 aromatic rings. The molecule has 0 N–H and O–H groups in total. The van der Waals surface area contributed by atoms with E-state index in [9.17, 15) is 14.4 Å². The van der Waals surface area contributed by atoms with E-state index >= 15 is 0 Å². The van der Waals surface area contributed by atoms with Crippen molar-refractivity contribution in [3.63, 3.8) is 0 Å². The Hall–Kier alpha value is -2.97. The Kier molecular flexibility index (Phi) is 9.81. The summed E-state index contributed by atoms with van der Waals surface area (Å²) in [7, 11) is 0. The highest BCUT2D eigenvalue weighted by atomic mass is 16.7. The maximum atomic E-state index is 12.4. The topological polar surface area (TPSA) is 101 Å². The summed E-state index contributed by atoms with van der Waals surface area (Å²) in [5.41, 5.74) is 0.490. The molecule has 0 saturated carbocycles. The molecule has 0 spiro atoms. The lowest BCUT2D eigenvalue weighted by Crippen LogP contribution is -2.40. The van der Waals surface area contributed by atoms with Crippen LogP contribution in [0, 0.1) is 0 Å². The molecule has 1 atom stereocenters. The van der Waals surface area contributed by atoms with Crippen LogP contribution in [0.1, 0.15) is 65.9 Å². The van der Waals surface area contributed by atoms with Crippen molar-refractivity contribution in [2.45, 2.75) is 78.4 Å². The van der Waals surface area contributed by atoms with Crippen molar-refractivity contribution in [2.75, 3.05) is 20.1 Å². The number of hydrogen-bond acceptors (Lipinski definition) is 8. The molecule has 33 heavy (non-hydrogen) atoms. The van der Waals surface area contributed by atoms with Crippen molar-refractivity contribution < 1.29 is 38.1 Å². The van der Waals surface area contributed by atoms with Gasteiger partial charge in [0, 0.05) is 25.4 Å². The highest BCUT2D eigenvalue weighted by molar-refractivity contribution is 5.71. The molecule has 0 unspecified atom stereocenters. The van der Waals surface area contributed by atoms with E-state index in [4.69, 9.17) is 23.7 Å². The molecule has 0 fully saturated rings. The van der Waals surface area contributed by atoms with Gasteiger partial charge in [-0.2, -0.15) is 0 Å². The van der Waals surface area contributed by atoms with Gasteiger partial charge in [0.1, 0.15) is 5.60 Å². The number of carbonyl (C=O) groups excluding carboxylic acids is 3. The molecule has 1 aliphatic rings. The number of fused-ring (bicyclic) bond motifs is 1. The van der Waals surface area contributed by atoms with Crippen LogP contribution in [0.2, 0.25) is 0 Å². The highest BCUT2D eigenvalue weighted by Gasteiger charge is 2.22. The van der Waals surface area contributed by atoms with Gasteiger partial charge < -0.3 is 28.6 Å². The zero-order valence-corrected chi connectivity index (χ0v) is 20.2. The molecule has 0 aliphatic carbocycles. The van der Waals surface area contributed by atoms with Gasteiger partial charge in [-0.05, 0) is 71.6 Å². The smallest absolute Gasteiger partial charge is 0.412 e. The van der Waals surface area contributed by atoms with Crippen LogP contribution >= 0.6 is 0 Å². The van der Waals surface area contributed by atoms with Crippen molar-refractivity contribution in [1.82, 2.24) is 4.90 Å². The third kappa shape index (κ3) is 9.19. The molecule has 0 aromatic heterocycles. The zero-order chi connectivity index (χ0) is 24.4. The van der Waals surface area contributed by atoms with Gasteiger partial charge in [-0.15, -0.1) is 0 Å². The second-order valence-electron chi connectivity index (χ2n) is 8.86. The number of likely N-dealkylation sites (N-methyl/N-ethyl adjacent to an activating group) is 1. The van der Waals surface area contributed by atoms with E-state index in [1.54, 1.807) is 25.7 Å². The van der Waals surface area contributed by atoms with E-state index in [0.717, 1.165) is 5.56 Å². The minimum Gasteiger partial charge on any atom is -0.460 e. The molecule has 0 saturated heterocycles. The first-order valence-electron chi connectivity index (χ1n) is 11.3. The second kappa shape index (κ2) is 12.3. The summed E-state index contributed by atoms with van der Waals surface area (Å²) in [5, 5.41) is 0. The fourth-order valence-electron chi connectivity index (χ4n) is 3.37. The number of unbranched alkanes of at least 4 members (excludes halogenated alkanes) is 1. The normalized spacial score (nSPS) is 13.2. The Labute approximate surface area is 195 Å². The Bertz CT molecular complexity index is 817. The van der Waals surface area contributed by atoms with Crippen LogP contribution in [-0.4, -0.2) is 54.7 Å². The van der Waals surface area contributed by atoms with Gasteiger partial charge >= 0.3 is 18.0 Å². The largest absolute Gasteiger partial charge is 0.460 e. The fraction of sp³-hybridized carbons (Fsp3) is 0.625. The van der Waals surface area contributed by atoms with Crippen molar-refractivity contribution >= 4 is 18.0 Å². The van der Waals surface area contributed by atoms with Crippen LogP contribution in [0.5, 0.6) is 11.5 Å². The van der Waals surface area contributed by atoms with Crippen LogP contribution in [-0.2, 0) is 30.2 Å². The van der Waals surface area contributed by atoms with Crippen LogP contribution in [0.25, 0.3) is 0 Å². The van der Waals surface area contributed by atoms with Gasteiger partial charge in [-0.1, -0.05) is 6.07 Å². The second-order valence-corrected chi connectivity index (χ2v) is 8.86. The Balaban J connectivity index is 1.66. The molecular weight excluding hydrogens is 430 g/mol. The summed E-state index contributed by atoms with van der Waals surface area (Å²) < 4.78 is 26.0. The number of hydrogen-bond donors (Lipinski definition) is 0. The van der Waals surface area contributed by atoms with Gasteiger partial charge in [-0.25, -0.2) is 4.79 Å². The molecule has 1 heterocycles. The quantitative estimate of drug-likeness (QED) is 0.272. The van der Waals surface area contributed by atoms with Gasteiger partial charge in [0.25, 0.3) is 0 Å².